The van der Waals surface area contributed by atoms with Crippen molar-refractivity contribution in [2.75, 3.05) is 6.54 Å². The Labute approximate surface area is 120 Å². The van der Waals surface area contributed by atoms with Gasteiger partial charge >= 0.3 is 6.09 Å². The number of rotatable bonds is 2. The second-order valence-corrected chi connectivity index (χ2v) is 6.08. The van der Waals surface area contributed by atoms with E-state index < -0.39 is 12.1 Å². The third-order valence-corrected chi connectivity index (χ3v) is 4.85. The first-order valence-corrected chi connectivity index (χ1v) is 7.51. The van der Waals surface area contributed by atoms with Crippen LogP contribution in [0.2, 0.25) is 0 Å². The van der Waals surface area contributed by atoms with Crippen molar-refractivity contribution in [3.05, 3.63) is 35.2 Å². The molecule has 5 heteroatoms. The van der Waals surface area contributed by atoms with E-state index in [1.165, 1.54) is 16.2 Å². The van der Waals surface area contributed by atoms with Gasteiger partial charge in [0, 0.05) is 11.2 Å². The zero-order chi connectivity index (χ0) is 14.1. The lowest BCUT2D eigenvalue weighted by Crippen LogP contribution is -2.47. The Morgan fingerprint density at radius 2 is 2.05 bits per heavy atom. The Hall–Kier alpha value is -1.88. The van der Waals surface area contributed by atoms with Crippen LogP contribution < -0.4 is 0 Å². The predicted octanol–water partition coefficient (Wildman–Crippen LogP) is 3.62. The number of benzene rings is 1. The molecule has 0 spiro atoms. The summed E-state index contributed by atoms with van der Waals surface area (Å²) < 4.78 is 1.06. The standard InChI is InChI=1S/C15H15NO3S/c17-14(11-6-3-4-8-16(11)15(18)19)13-9-10-5-1-2-7-12(10)20-13/h1-2,5,7,9,11H,3-4,6,8H2,(H,18,19). The van der Waals surface area contributed by atoms with Crippen LogP contribution in [0.25, 0.3) is 10.1 Å². The molecular weight excluding hydrogens is 274 g/mol. The highest BCUT2D eigenvalue weighted by Gasteiger charge is 2.33. The van der Waals surface area contributed by atoms with Crippen LogP contribution in [0, 0.1) is 0 Å². The van der Waals surface area contributed by atoms with Crippen LogP contribution in [-0.2, 0) is 0 Å². The molecule has 1 aliphatic rings. The first-order chi connectivity index (χ1) is 9.66. The van der Waals surface area contributed by atoms with Gasteiger partial charge in [0.2, 0.25) is 0 Å². The fourth-order valence-electron chi connectivity index (χ4n) is 2.70. The number of carboxylic acid groups (broad SMARTS) is 1. The van der Waals surface area contributed by atoms with Crippen molar-refractivity contribution < 1.29 is 14.7 Å². The molecule has 1 unspecified atom stereocenters. The van der Waals surface area contributed by atoms with E-state index in [-0.39, 0.29) is 5.78 Å². The van der Waals surface area contributed by atoms with Crippen molar-refractivity contribution >= 4 is 33.3 Å². The van der Waals surface area contributed by atoms with Crippen LogP contribution in [0.4, 0.5) is 4.79 Å². The number of likely N-dealkylation sites (tertiary alicyclic amines) is 1. The van der Waals surface area contributed by atoms with Gasteiger partial charge in [0.15, 0.2) is 5.78 Å². The second kappa shape index (κ2) is 5.25. The van der Waals surface area contributed by atoms with Gasteiger partial charge in [-0.15, -0.1) is 11.3 Å². The van der Waals surface area contributed by atoms with Crippen LogP contribution in [0.5, 0.6) is 0 Å². The Morgan fingerprint density at radius 1 is 1.25 bits per heavy atom. The number of hydrogen-bond acceptors (Lipinski definition) is 3. The molecule has 0 aliphatic carbocycles. The number of Topliss-reactive ketones (excluding diaryl/α,β-unsaturated/α-hetero) is 1. The molecule has 0 radical (unpaired) electrons. The number of nitrogens with zero attached hydrogens (tertiary/aromatic N) is 1. The average Bonchev–Trinajstić information content (AvgIpc) is 2.90. The van der Waals surface area contributed by atoms with Gasteiger partial charge in [-0.05, 0) is 36.8 Å². The number of carbonyl (C=O) groups is 2. The summed E-state index contributed by atoms with van der Waals surface area (Å²) in [6.45, 7) is 0.455. The van der Waals surface area contributed by atoms with Crippen LogP contribution in [-0.4, -0.2) is 34.5 Å². The van der Waals surface area contributed by atoms with Gasteiger partial charge < -0.3 is 5.11 Å². The van der Waals surface area contributed by atoms with E-state index in [0.717, 1.165) is 22.9 Å². The predicted molar refractivity (Wildman–Crippen MR) is 78.5 cm³/mol. The zero-order valence-electron chi connectivity index (χ0n) is 10.9. The molecule has 1 aliphatic heterocycles. The van der Waals surface area contributed by atoms with Crippen LogP contribution in [0.3, 0.4) is 0 Å². The molecule has 1 amide bonds. The van der Waals surface area contributed by atoms with Crippen LogP contribution in [0.15, 0.2) is 30.3 Å². The van der Waals surface area contributed by atoms with Crippen molar-refractivity contribution in [2.24, 2.45) is 0 Å². The maximum absolute atomic E-state index is 12.6. The minimum atomic E-state index is -0.996. The number of carbonyl (C=O) groups excluding carboxylic acids is 1. The summed E-state index contributed by atoms with van der Waals surface area (Å²) in [7, 11) is 0. The molecule has 2 aromatic rings. The highest BCUT2D eigenvalue weighted by atomic mass is 32.1. The highest BCUT2D eigenvalue weighted by Crippen LogP contribution is 2.29. The zero-order valence-corrected chi connectivity index (χ0v) is 11.7. The number of amides is 1. The number of piperidine rings is 1. The molecule has 1 atom stereocenters. The molecule has 20 heavy (non-hydrogen) atoms. The minimum absolute atomic E-state index is 0.0618. The van der Waals surface area contributed by atoms with E-state index in [1.807, 2.05) is 30.3 Å². The third kappa shape index (κ3) is 2.29. The van der Waals surface area contributed by atoms with Gasteiger partial charge in [0.05, 0.1) is 10.9 Å². The van der Waals surface area contributed by atoms with Gasteiger partial charge in [-0.3, -0.25) is 9.69 Å². The third-order valence-electron chi connectivity index (χ3n) is 3.72. The Kier molecular flexibility index (Phi) is 3.44. The van der Waals surface area contributed by atoms with Crippen molar-refractivity contribution in [1.29, 1.82) is 0 Å². The summed E-state index contributed by atoms with van der Waals surface area (Å²) in [5.41, 5.74) is 0. The first-order valence-electron chi connectivity index (χ1n) is 6.69. The van der Waals surface area contributed by atoms with Crippen molar-refractivity contribution in [3.8, 4) is 0 Å². The van der Waals surface area contributed by atoms with Gasteiger partial charge in [-0.1, -0.05) is 18.2 Å². The second-order valence-electron chi connectivity index (χ2n) is 5.00. The van der Waals surface area contributed by atoms with Crippen molar-refractivity contribution in [2.45, 2.75) is 25.3 Å². The number of thiophene rings is 1. The lowest BCUT2D eigenvalue weighted by molar-refractivity contribution is 0.0718. The Bertz CT molecular complexity index is 631. The summed E-state index contributed by atoms with van der Waals surface area (Å²) in [6, 6.07) is 9.18. The molecule has 1 saturated heterocycles. The Morgan fingerprint density at radius 3 is 2.80 bits per heavy atom. The maximum Gasteiger partial charge on any atom is 0.407 e. The van der Waals surface area contributed by atoms with Crippen LogP contribution in [0.1, 0.15) is 28.9 Å². The van der Waals surface area contributed by atoms with Crippen LogP contribution >= 0.6 is 11.3 Å². The summed E-state index contributed by atoms with van der Waals surface area (Å²) in [5, 5.41) is 10.3. The molecular formula is C15H15NO3S. The number of hydrogen-bond donors (Lipinski definition) is 1. The van der Waals surface area contributed by atoms with Gasteiger partial charge in [-0.2, -0.15) is 0 Å². The van der Waals surface area contributed by atoms with E-state index in [0.29, 0.717) is 17.8 Å². The van der Waals surface area contributed by atoms with Gasteiger partial charge in [-0.25, -0.2) is 4.79 Å². The summed E-state index contributed by atoms with van der Waals surface area (Å²) >= 11 is 1.44. The highest BCUT2D eigenvalue weighted by molar-refractivity contribution is 7.20. The molecule has 4 nitrogen and oxygen atoms in total. The van der Waals surface area contributed by atoms with Gasteiger partial charge in [0.25, 0.3) is 0 Å². The molecule has 0 saturated carbocycles. The van der Waals surface area contributed by atoms with E-state index in [2.05, 4.69) is 0 Å². The quantitative estimate of drug-likeness (QED) is 0.859. The number of ketones is 1. The van der Waals surface area contributed by atoms with Gasteiger partial charge in [0.1, 0.15) is 0 Å². The minimum Gasteiger partial charge on any atom is -0.465 e. The summed E-state index contributed by atoms with van der Waals surface area (Å²) in [6.07, 6.45) is 1.37. The van der Waals surface area contributed by atoms with E-state index in [1.54, 1.807) is 0 Å². The lowest BCUT2D eigenvalue weighted by Gasteiger charge is -2.32. The molecule has 1 N–H and O–H groups in total. The topological polar surface area (TPSA) is 57.6 Å². The fourth-order valence-corrected chi connectivity index (χ4v) is 3.75. The fraction of sp³-hybridized carbons (Fsp3) is 0.333. The lowest BCUT2D eigenvalue weighted by atomic mass is 9.98. The van der Waals surface area contributed by atoms with Crippen molar-refractivity contribution in [1.82, 2.24) is 4.90 Å². The summed E-state index contributed by atoms with van der Waals surface area (Å²) in [5.74, 6) is -0.0618. The maximum atomic E-state index is 12.6. The molecule has 104 valence electrons. The monoisotopic (exact) mass is 289 g/mol. The molecule has 2 heterocycles. The molecule has 1 aromatic carbocycles. The molecule has 1 aromatic heterocycles. The van der Waals surface area contributed by atoms with E-state index in [4.69, 9.17) is 0 Å². The van der Waals surface area contributed by atoms with E-state index in [9.17, 15) is 14.7 Å². The largest absolute Gasteiger partial charge is 0.465 e. The SMILES string of the molecule is O=C(c1cc2ccccc2s1)C1CCCCN1C(=O)O. The summed E-state index contributed by atoms with van der Waals surface area (Å²) in [4.78, 5) is 25.8. The molecule has 3 rings (SSSR count). The first kappa shape index (κ1) is 13.1. The Balaban J connectivity index is 1.92. The van der Waals surface area contributed by atoms with Crippen molar-refractivity contribution in [3.63, 3.8) is 0 Å². The molecule has 0 bridgehead atoms. The number of fused-ring (bicyclic) bond motifs is 1. The van der Waals surface area contributed by atoms with E-state index >= 15 is 0 Å². The average molecular weight is 289 g/mol. The normalized spacial score (nSPS) is 19.2. The smallest absolute Gasteiger partial charge is 0.407 e. The molecule has 1 fully saturated rings.